The van der Waals surface area contributed by atoms with E-state index in [2.05, 4.69) is 0 Å². The molecule has 1 aliphatic rings. The summed E-state index contributed by atoms with van der Waals surface area (Å²) in [7, 11) is 1.55. The minimum Gasteiger partial charge on any atom is -0.507 e. The summed E-state index contributed by atoms with van der Waals surface area (Å²) in [5, 5.41) is 11.6. The van der Waals surface area contributed by atoms with E-state index in [0.717, 1.165) is 5.56 Å². The lowest BCUT2D eigenvalue weighted by Crippen LogP contribution is -2.29. The summed E-state index contributed by atoms with van der Waals surface area (Å²) in [6.45, 7) is 3.63. The molecular weight excluding hydrogens is 418 g/mol. The lowest BCUT2D eigenvalue weighted by atomic mass is 9.98. The predicted molar refractivity (Wildman–Crippen MR) is 117 cm³/mol. The Hall–Kier alpha value is -3.51. The fourth-order valence-electron chi connectivity index (χ4n) is 3.87. The summed E-state index contributed by atoms with van der Waals surface area (Å²) in [5.41, 5.74) is 2.37. The topological polar surface area (TPSA) is 80.0 Å². The van der Waals surface area contributed by atoms with E-state index in [9.17, 15) is 14.7 Å². The molecule has 1 atom stereocenters. The Kier molecular flexibility index (Phi) is 5.33. The maximum absolute atomic E-state index is 13.1. The van der Waals surface area contributed by atoms with Crippen molar-refractivity contribution in [3.8, 4) is 5.75 Å². The second-order valence-electron chi connectivity index (χ2n) is 7.30. The number of Topliss-reactive ketones (excluding diaryl/α,β-unsaturated/α-hetero) is 1. The average molecular weight is 438 g/mol. The van der Waals surface area contributed by atoms with Crippen molar-refractivity contribution in [2.45, 2.75) is 19.9 Å². The molecule has 3 aromatic rings. The van der Waals surface area contributed by atoms with Gasteiger partial charge < -0.3 is 14.3 Å². The number of ether oxygens (including phenoxy) is 1. The number of nitrogens with zero attached hydrogens (tertiary/aromatic N) is 1. The van der Waals surface area contributed by atoms with Crippen LogP contribution in [0.1, 0.15) is 28.5 Å². The molecule has 0 spiro atoms. The number of carbonyl (C=O) groups is 2. The van der Waals surface area contributed by atoms with Gasteiger partial charge in [-0.2, -0.15) is 0 Å². The summed E-state index contributed by atoms with van der Waals surface area (Å²) in [4.78, 5) is 27.5. The largest absolute Gasteiger partial charge is 0.507 e. The van der Waals surface area contributed by atoms with Gasteiger partial charge in [0.15, 0.2) is 0 Å². The Balaban J connectivity index is 1.93. The van der Waals surface area contributed by atoms with Gasteiger partial charge >= 0.3 is 0 Å². The van der Waals surface area contributed by atoms with E-state index in [1.54, 1.807) is 62.6 Å². The number of aryl methyl sites for hydroxylation is 2. The zero-order valence-corrected chi connectivity index (χ0v) is 17.9. The first kappa shape index (κ1) is 20.8. The monoisotopic (exact) mass is 437 g/mol. The van der Waals surface area contributed by atoms with Crippen LogP contribution in [0.2, 0.25) is 5.02 Å². The van der Waals surface area contributed by atoms with Gasteiger partial charge in [0.05, 0.1) is 18.9 Å². The van der Waals surface area contributed by atoms with Crippen LogP contribution in [0.3, 0.4) is 0 Å². The van der Waals surface area contributed by atoms with Crippen molar-refractivity contribution in [3.63, 3.8) is 0 Å². The number of aliphatic hydroxyl groups is 1. The van der Waals surface area contributed by atoms with E-state index >= 15 is 0 Å². The van der Waals surface area contributed by atoms with Crippen LogP contribution in [-0.2, 0) is 9.59 Å². The Morgan fingerprint density at radius 2 is 1.87 bits per heavy atom. The maximum Gasteiger partial charge on any atom is 0.300 e. The number of aliphatic hydroxyl groups excluding tert-OH is 1. The number of furan rings is 1. The number of rotatable bonds is 4. The van der Waals surface area contributed by atoms with Gasteiger partial charge in [0.1, 0.15) is 23.3 Å². The van der Waals surface area contributed by atoms with Crippen LogP contribution < -0.4 is 9.64 Å². The van der Waals surface area contributed by atoms with E-state index in [-0.39, 0.29) is 11.3 Å². The highest BCUT2D eigenvalue weighted by Gasteiger charge is 2.48. The molecule has 1 amide bonds. The Morgan fingerprint density at radius 3 is 2.48 bits per heavy atom. The number of amides is 1. The summed E-state index contributed by atoms with van der Waals surface area (Å²) in [5.74, 6) is -0.809. The van der Waals surface area contributed by atoms with Crippen LogP contribution in [0.15, 0.2) is 64.8 Å². The molecule has 0 bridgehead atoms. The van der Waals surface area contributed by atoms with Gasteiger partial charge in [0.2, 0.25) is 0 Å². The van der Waals surface area contributed by atoms with Gasteiger partial charge in [-0.05, 0) is 73.5 Å². The Labute approximate surface area is 184 Å². The summed E-state index contributed by atoms with van der Waals surface area (Å²) in [6, 6.07) is 12.5. The number of ketones is 1. The lowest BCUT2D eigenvalue weighted by molar-refractivity contribution is -0.132. The van der Waals surface area contributed by atoms with Crippen molar-refractivity contribution < 1.29 is 23.8 Å². The average Bonchev–Trinajstić information content (AvgIpc) is 3.35. The number of carbonyl (C=O) groups excluding carboxylic acids is 2. The molecule has 1 unspecified atom stereocenters. The van der Waals surface area contributed by atoms with Crippen LogP contribution in [-0.4, -0.2) is 23.9 Å². The maximum atomic E-state index is 13.1. The zero-order chi connectivity index (χ0) is 22.3. The van der Waals surface area contributed by atoms with Gasteiger partial charge in [-0.25, -0.2) is 0 Å². The number of methoxy groups -OCH3 is 1. The van der Waals surface area contributed by atoms with Crippen LogP contribution in [0.4, 0.5) is 5.69 Å². The molecule has 1 aliphatic heterocycles. The smallest absolute Gasteiger partial charge is 0.300 e. The van der Waals surface area contributed by atoms with Gasteiger partial charge in [0.25, 0.3) is 11.7 Å². The molecule has 2 heterocycles. The van der Waals surface area contributed by atoms with E-state index in [1.807, 2.05) is 6.92 Å². The first-order valence-corrected chi connectivity index (χ1v) is 9.97. The minimum absolute atomic E-state index is 0.0427. The minimum atomic E-state index is -0.919. The highest BCUT2D eigenvalue weighted by Crippen LogP contribution is 2.43. The van der Waals surface area contributed by atoms with Gasteiger partial charge in [-0.3, -0.25) is 14.5 Å². The lowest BCUT2D eigenvalue weighted by Gasteiger charge is -2.25. The van der Waals surface area contributed by atoms with Crippen LogP contribution in [0.5, 0.6) is 5.75 Å². The quantitative estimate of drug-likeness (QED) is 0.345. The Bertz CT molecular complexity index is 1210. The van der Waals surface area contributed by atoms with Crippen molar-refractivity contribution in [2.24, 2.45) is 0 Å². The molecule has 2 aromatic carbocycles. The number of hydrogen-bond acceptors (Lipinski definition) is 5. The summed E-state index contributed by atoms with van der Waals surface area (Å²) < 4.78 is 10.8. The van der Waals surface area contributed by atoms with Gasteiger partial charge in [0, 0.05) is 16.3 Å². The fraction of sp³-hybridized carbons (Fsp3) is 0.167. The van der Waals surface area contributed by atoms with E-state index in [4.69, 9.17) is 20.8 Å². The standard InChI is InChI=1S/C24H20ClNO5/c1-13-12-16(25)7-8-17(13)26-21(19-5-4-10-31-19)20(23(28)24(26)29)22(27)15-6-9-18(30-3)14(2)11-15/h4-12,21,27H,1-3H3/b22-20-. The third kappa shape index (κ3) is 3.49. The molecule has 7 heteroatoms. The predicted octanol–water partition coefficient (Wildman–Crippen LogP) is 5.18. The van der Waals surface area contributed by atoms with E-state index < -0.39 is 17.7 Å². The second kappa shape index (κ2) is 7.96. The fourth-order valence-corrected chi connectivity index (χ4v) is 4.09. The normalized spacial score (nSPS) is 17.9. The van der Waals surface area contributed by atoms with Crippen molar-refractivity contribution in [3.05, 3.63) is 87.8 Å². The molecule has 1 saturated heterocycles. The third-order valence-corrected chi connectivity index (χ3v) is 5.58. The van der Waals surface area contributed by atoms with Crippen molar-refractivity contribution >= 4 is 34.7 Å². The van der Waals surface area contributed by atoms with E-state index in [0.29, 0.717) is 33.3 Å². The summed E-state index contributed by atoms with van der Waals surface area (Å²) >= 11 is 6.07. The number of anilines is 1. The molecule has 1 N–H and O–H groups in total. The molecule has 31 heavy (non-hydrogen) atoms. The highest BCUT2D eigenvalue weighted by atomic mass is 35.5. The number of benzene rings is 2. The Morgan fingerprint density at radius 1 is 1.10 bits per heavy atom. The number of hydrogen-bond donors (Lipinski definition) is 1. The molecule has 1 fully saturated rings. The van der Waals surface area contributed by atoms with E-state index in [1.165, 1.54) is 11.2 Å². The van der Waals surface area contributed by atoms with Crippen molar-refractivity contribution in [2.75, 3.05) is 12.0 Å². The first-order valence-electron chi connectivity index (χ1n) is 9.59. The highest BCUT2D eigenvalue weighted by molar-refractivity contribution is 6.51. The molecule has 1 aromatic heterocycles. The van der Waals surface area contributed by atoms with Gasteiger partial charge in [-0.15, -0.1) is 0 Å². The molecule has 0 radical (unpaired) electrons. The van der Waals surface area contributed by atoms with Crippen LogP contribution in [0.25, 0.3) is 5.76 Å². The van der Waals surface area contributed by atoms with Crippen LogP contribution in [0, 0.1) is 13.8 Å². The van der Waals surface area contributed by atoms with Gasteiger partial charge in [-0.1, -0.05) is 11.6 Å². The van der Waals surface area contributed by atoms with Crippen molar-refractivity contribution in [1.29, 1.82) is 0 Å². The molecule has 0 aliphatic carbocycles. The first-order chi connectivity index (χ1) is 14.8. The molecule has 158 valence electrons. The van der Waals surface area contributed by atoms with Crippen molar-refractivity contribution in [1.82, 2.24) is 0 Å². The summed E-state index contributed by atoms with van der Waals surface area (Å²) in [6.07, 6.45) is 1.46. The molecular formula is C24H20ClNO5. The third-order valence-electron chi connectivity index (χ3n) is 5.34. The SMILES string of the molecule is COc1ccc(/C(O)=C2/C(=O)C(=O)N(c3ccc(Cl)cc3C)C2c2ccco2)cc1C. The zero-order valence-electron chi connectivity index (χ0n) is 17.2. The number of halogens is 1. The molecule has 4 rings (SSSR count). The molecule has 0 saturated carbocycles. The van der Waals surface area contributed by atoms with Crippen LogP contribution >= 0.6 is 11.6 Å². The second-order valence-corrected chi connectivity index (χ2v) is 7.74. The molecule has 6 nitrogen and oxygen atoms in total.